The van der Waals surface area contributed by atoms with Crippen molar-refractivity contribution in [1.82, 2.24) is 0 Å². The van der Waals surface area contributed by atoms with Gasteiger partial charge in [0.25, 0.3) is 0 Å². The molecule has 4 nitrogen and oxygen atoms in total. The molecule has 2 rings (SSSR count). The molecular formula is C17H25NO3. The van der Waals surface area contributed by atoms with E-state index in [4.69, 9.17) is 9.47 Å². The van der Waals surface area contributed by atoms with Gasteiger partial charge in [-0.2, -0.15) is 0 Å². The molecule has 1 amide bonds. The van der Waals surface area contributed by atoms with Gasteiger partial charge in [-0.25, -0.2) is 0 Å². The average molecular weight is 291 g/mol. The summed E-state index contributed by atoms with van der Waals surface area (Å²) in [4.78, 5) is 12.1. The summed E-state index contributed by atoms with van der Waals surface area (Å²) in [5.41, 5.74) is 1.79. The highest BCUT2D eigenvalue weighted by molar-refractivity contribution is 5.93. The van der Waals surface area contributed by atoms with Gasteiger partial charge < -0.3 is 14.8 Å². The zero-order valence-corrected chi connectivity index (χ0v) is 13.6. The van der Waals surface area contributed by atoms with Crippen molar-refractivity contribution in [3.05, 3.63) is 17.7 Å². The van der Waals surface area contributed by atoms with Crippen molar-refractivity contribution in [3.63, 3.8) is 0 Å². The minimum absolute atomic E-state index is 0.00514. The zero-order chi connectivity index (χ0) is 15.6. The van der Waals surface area contributed by atoms with Crippen LogP contribution in [0.25, 0.3) is 0 Å². The monoisotopic (exact) mass is 291 g/mol. The molecule has 0 fully saturated rings. The van der Waals surface area contributed by atoms with E-state index in [1.807, 2.05) is 46.8 Å². The van der Waals surface area contributed by atoms with Crippen LogP contribution in [0.5, 0.6) is 11.5 Å². The highest BCUT2D eigenvalue weighted by Crippen LogP contribution is 2.38. The predicted octanol–water partition coefficient (Wildman–Crippen LogP) is 3.78. The van der Waals surface area contributed by atoms with Crippen LogP contribution in [0.2, 0.25) is 0 Å². The van der Waals surface area contributed by atoms with Gasteiger partial charge in [-0.05, 0) is 25.3 Å². The topological polar surface area (TPSA) is 47.6 Å². The molecule has 0 radical (unpaired) electrons. The van der Waals surface area contributed by atoms with E-state index in [2.05, 4.69) is 5.32 Å². The molecule has 0 saturated carbocycles. The normalized spacial score (nSPS) is 17.1. The quantitative estimate of drug-likeness (QED) is 0.918. The number of carbonyl (C=O) groups excluding carboxylic acids is 1. The van der Waals surface area contributed by atoms with Crippen molar-refractivity contribution >= 4 is 11.6 Å². The molecule has 0 aliphatic carbocycles. The fourth-order valence-electron chi connectivity index (χ4n) is 2.49. The Morgan fingerprint density at radius 2 is 2.14 bits per heavy atom. The van der Waals surface area contributed by atoms with Gasteiger partial charge in [-0.3, -0.25) is 4.79 Å². The summed E-state index contributed by atoms with van der Waals surface area (Å²) in [5, 5.41) is 2.95. The van der Waals surface area contributed by atoms with Gasteiger partial charge in [0, 0.05) is 24.5 Å². The standard InChI is InChI=1S/C17H25NO3/c1-6-20-15-8-12-7-11(2)21-14(12)9-13(15)18-16(19)10-17(3,4)5/h8-9,11H,6-7,10H2,1-5H3,(H,18,19)/t11-/m0/s1. The lowest BCUT2D eigenvalue weighted by atomic mass is 9.92. The molecule has 1 aliphatic rings. The summed E-state index contributed by atoms with van der Waals surface area (Å²) in [5.74, 6) is 1.56. The summed E-state index contributed by atoms with van der Waals surface area (Å²) in [6.07, 6.45) is 1.52. The molecule has 21 heavy (non-hydrogen) atoms. The number of carbonyl (C=O) groups is 1. The van der Waals surface area contributed by atoms with E-state index in [0.717, 1.165) is 23.5 Å². The summed E-state index contributed by atoms with van der Waals surface area (Å²) >= 11 is 0. The summed E-state index contributed by atoms with van der Waals surface area (Å²) in [7, 11) is 0. The van der Waals surface area contributed by atoms with Gasteiger partial charge >= 0.3 is 0 Å². The van der Waals surface area contributed by atoms with Crippen LogP contribution in [0.15, 0.2) is 12.1 Å². The molecule has 1 aromatic carbocycles. The lowest BCUT2D eigenvalue weighted by Gasteiger charge is -2.19. The van der Waals surface area contributed by atoms with E-state index < -0.39 is 0 Å². The Balaban J connectivity index is 2.21. The molecule has 1 aliphatic heterocycles. The van der Waals surface area contributed by atoms with E-state index >= 15 is 0 Å². The largest absolute Gasteiger partial charge is 0.492 e. The Kier molecular flexibility index (Phi) is 4.45. The molecule has 0 bridgehead atoms. The fourth-order valence-corrected chi connectivity index (χ4v) is 2.49. The maximum Gasteiger partial charge on any atom is 0.225 e. The Hall–Kier alpha value is -1.71. The lowest BCUT2D eigenvalue weighted by molar-refractivity contribution is -0.117. The first-order chi connectivity index (χ1) is 9.78. The van der Waals surface area contributed by atoms with Crippen LogP contribution < -0.4 is 14.8 Å². The number of rotatable bonds is 4. The minimum atomic E-state index is -0.0440. The summed E-state index contributed by atoms with van der Waals surface area (Å²) in [6, 6.07) is 3.86. The smallest absolute Gasteiger partial charge is 0.225 e. The van der Waals surface area contributed by atoms with Crippen molar-refractivity contribution in [2.24, 2.45) is 5.41 Å². The highest BCUT2D eigenvalue weighted by Gasteiger charge is 2.23. The Morgan fingerprint density at radius 3 is 2.76 bits per heavy atom. The van der Waals surface area contributed by atoms with Crippen molar-refractivity contribution in [3.8, 4) is 11.5 Å². The van der Waals surface area contributed by atoms with Gasteiger partial charge in [0.15, 0.2) is 0 Å². The SMILES string of the molecule is CCOc1cc2c(cc1NC(=O)CC(C)(C)C)O[C@@H](C)C2. The van der Waals surface area contributed by atoms with E-state index in [1.165, 1.54) is 0 Å². The fraction of sp³-hybridized carbons (Fsp3) is 0.588. The van der Waals surface area contributed by atoms with Crippen LogP contribution in [0.3, 0.4) is 0 Å². The van der Waals surface area contributed by atoms with Crippen LogP contribution in [-0.2, 0) is 11.2 Å². The second kappa shape index (κ2) is 5.96. The van der Waals surface area contributed by atoms with Crippen molar-refractivity contribution < 1.29 is 14.3 Å². The van der Waals surface area contributed by atoms with Crippen molar-refractivity contribution in [2.75, 3.05) is 11.9 Å². The predicted molar refractivity (Wildman–Crippen MR) is 84.1 cm³/mol. The molecule has 0 saturated heterocycles. The highest BCUT2D eigenvalue weighted by atomic mass is 16.5. The van der Waals surface area contributed by atoms with E-state index in [9.17, 15) is 4.79 Å². The molecule has 1 heterocycles. The van der Waals surface area contributed by atoms with Crippen molar-refractivity contribution in [2.45, 2.75) is 53.6 Å². The van der Waals surface area contributed by atoms with E-state index in [1.54, 1.807) is 0 Å². The number of amides is 1. The van der Waals surface area contributed by atoms with Gasteiger partial charge in [0.2, 0.25) is 5.91 Å². The second-order valence-corrected chi connectivity index (χ2v) is 6.81. The number of benzene rings is 1. The summed E-state index contributed by atoms with van der Waals surface area (Å²) < 4.78 is 11.4. The average Bonchev–Trinajstić information content (AvgIpc) is 2.66. The molecule has 1 aromatic rings. The van der Waals surface area contributed by atoms with Crippen LogP contribution in [-0.4, -0.2) is 18.6 Å². The van der Waals surface area contributed by atoms with Gasteiger partial charge in [-0.1, -0.05) is 20.8 Å². The first kappa shape index (κ1) is 15.7. The third kappa shape index (κ3) is 4.13. The molecule has 4 heteroatoms. The van der Waals surface area contributed by atoms with Crippen LogP contribution >= 0.6 is 0 Å². The Morgan fingerprint density at radius 1 is 1.43 bits per heavy atom. The molecule has 1 atom stereocenters. The van der Waals surface area contributed by atoms with Crippen LogP contribution in [0.1, 0.15) is 46.6 Å². The number of hydrogen-bond acceptors (Lipinski definition) is 3. The Labute approximate surface area is 126 Å². The number of ether oxygens (including phenoxy) is 2. The van der Waals surface area contributed by atoms with Crippen LogP contribution in [0, 0.1) is 5.41 Å². The van der Waals surface area contributed by atoms with Crippen LogP contribution in [0.4, 0.5) is 5.69 Å². The molecule has 116 valence electrons. The van der Waals surface area contributed by atoms with Gasteiger partial charge in [0.05, 0.1) is 12.3 Å². The van der Waals surface area contributed by atoms with E-state index in [0.29, 0.717) is 18.7 Å². The first-order valence-corrected chi connectivity index (χ1v) is 7.54. The molecule has 0 aromatic heterocycles. The first-order valence-electron chi connectivity index (χ1n) is 7.54. The molecule has 1 N–H and O–H groups in total. The number of fused-ring (bicyclic) bond motifs is 1. The molecule has 0 spiro atoms. The summed E-state index contributed by atoms with van der Waals surface area (Å²) in [6.45, 7) is 10.7. The molecular weight excluding hydrogens is 266 g/mol. The third-order valence-electron chi connectivity index (χ3n) is 3.26. The van der Waals surface area contributed by atoms with Gasteiger partial charge in [-0.15, -0.1) is 0 Å². The Bertz CT molecular complexity index is 532. The second-order valence-electron chi connectivity index (χ2n) is 6.81. The molecule has 0 unspecified atom stereocenters. The maximum atomic E-state index is 12.1. The minimum Gasteiger partial charge on any atom is -0.492 e. The van der Waals surface area contributed by atoms with E-state index in [-0.39, 0.29) is 17.4 Å². The lowest BCUT2D eigenvalue weighted by Crippen LogP contribution is -2.20. The number of anilines is 1. The number of hydrogen-bond donors (Lipinski definition) is 1. The third-order valence-corrected chi connectivity index (χ3v) is 3.26. The maximum absolute atomic E-state index is 12.1. The zero-order valence-electron chi connectivity index (χ0n) is 13.6. The van der Waals surface area contributed by atoms with Gasteiger partial charge in [0.1, 0.15) is 17.6 Å². The van der Waals surface area contributed by atoms with Crippen molar-refractivity contribution in [1.29, 1.82) is 0 Å². The number of nitrogens with one attached hydrogen (secondary N) is 1.